The van der Waals surface area contributed by atoms with E-state index in [1.807, 2.05) is 0 Å². The zero-order valence-corrected chi connectivity index (χ0v) is 33.9. The van der Waals surface area contributed by atoms with E-state index in [9.17, 15) is 0 Å². The lowest BCUT2D eigenvalue weighted by atomic mass is 9.70. The third-order valence-corrected chi connectivity index (χ3v) is 9.68. The maximum atomic E-state index is 2.55. The van der Waals surface area contributed by atoms with Crippen molar-refractivity contribution in [1.29, 1.82) is 0 Å². The first-order valence-corrected chi connectivity index (χ1v) is 17.7. The van der Waals surface area contributed by atoms with Gasteiger partial charge in [0, 0.05) is 5.41 Å². The minimum Gasteiger partial charge on any atom is -1.00 e. The molecule has 0 aromatic heterocycles. The zero-order valence-electron chi connectivity index (χ0n) is 30.7. The second kappa shape index (κ2) is 18.7. The average Bonchev–Trinajstić information content (AvgIpc) is 3.24. The van der Waals surface area contributed by atoms with Crippen molar-refractivity contribution in [2.75, 3.05) is 55.4 Å². The summed E-state index contributed by atoms with van der Waals surface area (Å²) in [4.78, 5) is 0. The molecule has 47 heavy (non-hydrogen) atoms. The standard InChI is InChI=1S/C43H62N2.2BrH/c1-9-18-37-25-27-39-40-28-26-38(24-23-36-21-19-35(2)20-22-36)34-42(40)43(41(39)33-37,29-14-10-12-16-31-44(3,4)5)30-15-11-13-17-32-45(6,7)8;;/h9,18-28,33-34H,10-17,29-32H2,1-8H3;2*1H/q+2;;/p-2/b18-9+,24-23+;;. The predicted molar refractivity (Wildman–Crippen MR) is 199 cm³/mol. The Hall–Kier alpha value is -1.98. The molecule has 0 unspecified atom stereocenters. The molecule has 1 aliphatic carbocycles. The summed E-state index contributed by atoms with van der Waals surface area (Å²) in [7, 11) is 13.9. The number of unbranched alkanes of at least 4 members (excludes halogenated alkanes) is 6. The average molecular weight is 767 g/mol. The van der Waals surface area contributed by atoms with Crippen LogP contribution in [0.15, 0.2) is 66.7 Å². The molecule has 3 aromatic carbocycles. The monoisotopic (exact) mass is 764 g/mol. The minimum absolute atomic E-state index is 0. The Kier molecular flexibility index (Phi) is 16.4. The number of aryl methyl sites for hydroxylation is 1. The van der Waals surface area contributed by atoms with Gasteiger partial charge in [-0.25, -0.2) is 0 Å². The predicted octanol–water partition coefficient (Wildman–Crippen LogP) is 4.79. The Balaban J connectivity index is 0.00000384. The van der Waals surface area contributed by atoms with E-state index in [1.54, 1.807) is 11.1 Å². The summed E-state index contributed by atoms with van der Waals surface area (Å²) < 4.78 is 2.12. The molecule has 2 nitrogen and oxygen atoms in total. The third kappa shape index (κ3) is 12.1. The van der Waals surface area contributed by atoms with Gasteiger partial charge in [-0.15, -0.1) is 0 Å². The van der Waals surface area contributed by atoms with Crippen LogP contribution in [0.3, 0.4) is 0 Å². The Morgan fingerprint density at radius 1 is 0.511 bits per heavy atom. The fourth-order valence-electron chi connectivity index (χ4n) is 7.20. The van der Waals surface area contributed by atoms with Crippen LogP contribution in [-0.4, -0.2) is 64.3 Å². The van der Waals surface area contributed by atoms with Crippen LogP contribution in [0.25, 0.3) is 29.4 Å². The Morgan fingerprint density at radius 3 is 1.36 bits per heavy atom. The maximum Gasteiger partial charge on any atom is 0.0780 e. The first-order chi connectivity index (χ1) is 21.4. The van der Waals surface area contributed by atoms with Crippen molar-refractivity contribution in [3.05, 3.63) is 100 Å². The Bertz CT molecular complexity index is 1410. The molecule has 0 N–H and O–H groups in total. The highest BCUT2D eigenvalue weighted by Crippen LogP contribution is 2.55. The van der Waals surface area contributed by atoms with Gasteiger partial charge in [0.2, 0.25) is 0 Å². The molecule has 0 bridgehead atoms. The molecular weight excluding hydrogens is 704 g/mol. The van der Waals surface area contributed by atoms with Crippen molar-refractivity contribution in [2.45, 2.75) is 83.5 Å². The Labute approximate surface area is 309 Å². The molecule has 0 saturated heterocycles. The van der Waals surface area contributed by atoms with Gasteiger partial charge in [0.05, 0.1) is 55.4 Å². The van der Waals surface area contributed by atoms with E-state index in [2.05, 4.69) is 141 Å². The summed E-state index contributed by atoms with van der Waals surface area (Å²) in [5, 5.41) is 0. The maximum absolute atomic E-state index is 2.55. The molecule has 258 valence electrons. The summed E-state index contributed by atoms with van der Waals surface area (Å²) in [6.45, 7) is 6.80. The smallest absolute Gasteiger partial charge is 0.0780 e. The van der Waals surface area contributed by atoms with E-state index in [-0.39, 0.29) is 39.4 Å². The van der Waals surface area contributed by atoms with Gasteiger partial charge in [0.15, 0.2) is 0 Å². The zero-order chi connectivity index (χ0) is 32.5. The third-order valence-electron chi connectivity index (χ3n) is 9.68. The van der Waals surface area contributed by atoms with E-state index in [0.717, 1.165) is 8.97 Å². The summed E-state index contributed by atoms with van der Waals surface area (Å²) in [6.07, 6.45) is 22.0. The number of halogens is 2. The fourth-order valence-corrected chi connectivity index (χ4v) is 7.20. The molecule has 3 aromatic rings. The van der Waals surface area contributed by atoms with Gasteiger partial charge in [0.25, 0.3) is 0 Å². The largest absolute Gasteiger partial charge is 1.00 e. The van der Waals surface area contributed by atoms with E-state index < -0.39 is 0 Å². The van der Waals surface area contributed by atoms with Crippen LogP contribution in [0.1, 0.15) is 105 Å². The second-order valence-corrected chi connectivity index (χ2v) is 15.8. The van der Waals surface area contributed by atoms with E-state index in [0.29, 0.717) is 0 Å². The van der Waals surface area contributed by atoms with Gasteiger partial charge >= 0.3 is 0 Å². The molecule has 4 rings (SSSR count). The van der Waals surface area contributed by atoms with Crippen molar-refractivity contribution < 1.29 is 42.9 Å². The molecule has 0 spiro atoms. The Morgan fingerprint density at radius 2 is 0.915 bits per heavy atom. The summed E-state index contributed by atoms with van der Waals surface area (Å²) in [5.74, 6) is 0. The topological polar surface area (TPSA) is 0 Å². The van der Waals surface area contributed by atoms with Crippen LogP contribution in [0.5, 0.6) is 0 Å². The lowest BCUT2D eigenvalue weighted by Crippen LogP contribution is -3.00. The van der Waals surface area contributed by atoms with Crippen molar-refractivity contribution in [2.24, 2.45) is 0 Å². The van der Waals surface area contributed by atoms with Crippen LogP contribution in [0.2, 0.25) is 0 Å². The molecular formula is C43H62Br2N2. The molecule has 0 heterocycles. The quantitative estimate of drug-likeness (QED) is 0.106. The van der Waals surface area contributed by atoms with Gasteiger partial charge in [-0.05, 0) is 91.3 Å². The molecule has 0 amide bonds. The molecule has 0 atom stereocenters. The molecule has 1 aliphatic rings. The summed E-state index contributed by atoms with van der Waals surface area (Å²) in [5.41, 5.74) is 11.3. The van der Waals surface area contributed by atoms with Gasteiger partial charge in [-0.3, -0.25) is 0 Å². The number of allylic oxidation sites excluding steroid dienone is 1. The highest BCUT2D eigenvalue weighted by molar-refractivity contribution is 5.84. The van der Waals surface area contributed by atoms with E-state index in [4.69, 9.17) is 0 Å². The molecule has 0 fully saturated rings. The lowest BCUT2D eigenvalue weighted by Gasteiger charge is -2.33. The molecule has 0 radical (unpaired) electrons. The van der Waals surface area contributed by atoms with Crippen LogP contribution < -0.4 is 34.0 Å². The minimum atomic E-state index is 0. The molecule has 0 saturated carbocycles. The van der Waals surface area contributed by atoms with Crippen molar-refractivity contribution in [1.82, 2.24) is 0 Å². The number of benzene rings is 3. The van der Waals surface area contributed by atoms with Crippen LogP contribution >= 0.6 is 0 Å². The number of rotatable bonds is 17. The first-order valence-electron chi connectivity index (χ1n) is 17.7. The normalized spacial score (nSPS) is 13.8. The SMILES string of the molecule is C/C=C/c1ccc2c(c1)C(CCCCCC[N+](C)(C)C)(CCCCCC[N+](C)(C)C)c1cc(/C=C/c3ccc(C)cc3)ccc1-2.[Br-].[Br-]. The lowest BCUT2D eigenvalue weighted by molar-refractivity contribution is -0.870. The number of fused-ring (bicyclic) bond motifs is 3. The number of hydrogen-bond donors (Lipinski definition) is 0. The van der Waals surface area contributed by atoms with Crippen LogP contribution in [0.4, 0.5) is 0 Å². The summed E-state index contributed by atoms with van der Waals surface area (Å²) in [6, 6.07) is 23.4. The van der Waals surface area contributed by atoms with Gasteiger partial charge in [0.1, 0.15) is 0 Å². The highest BCUT2D eigenvalue weighted by atomic mass is 79.9. The molecule has 4 heteroatoms. The van der Waals surface area contributed by atoms with Crippen LogP contribution in [-0.2, 0) is 5.41 Å². The first kappa shape index (κ1) is 41.2. The fraction of sp³-hybridized carbons (Fsp3) is 0.488. The summed E-state index contributed by atoms with van der Waals surface area (Å²) >= 11 is 0. The number of nitrogens with zero attached hydrogens (tertiary/aromatic N) is 2. The van der Waals surface area contributed by atoms with Gasteiger partial charge in [-0.1, -0.05) is 116 Å². The van der Waals surface area contributed by atoms with Gasteiger partial charge < -0.3 is 42.9 Å². The highest BCUT2D eigenvalue weighted by Gasteiger charge is 2.42. The number of quaternary nitrogens is 2. The van der Waals surface area contributed by atoms with Crippen molar-refractivity contribution in [3.8, 4) is 11.1 Å². The van der Waals surface area contributed by atoms with Gasteiger partial charge in [-0.2, -0.15) is 0 Å². The van der Waals surface area contributed by atoms with Crippen molar-refractivity contribution >= 4 is 18.2 Å². The van der Waals surface area contributed by atoms with Crippen LogP contribution in [0, 0.1) is 6.92 Å². The van der Waals surface area contributed by atoms with E-state index >= 15 is 0 Å². The van der Waals surface area contributed by atoms with E-state index in [1.165, 1.54) is 111 Å². The second-order valence-electron chi connectivity index (χ2n) is 15.8. The van der Waals surface area contributed by atoms with Crippen molar-refractivity contribution in [3.63, 3.8) is 0 Å². The molecule has 0 aliphatic heterocycles. The number of hydrogen-bond acceptors (Lipinski definition) is 0.